The number of aliphatic carboxylic acids is 1. The van der Waals surface area contributed by atoms with E-state index in [2.05, 4.69) is 6.92 Å². The zero-order valence-electron chi connectivity index (χ0n) is 9.54. The minimum atomic E-state index is -0.914. The van der Waals surface area contributed by atoms with E-state index >= 15 is 0 Å². The van der Waals surface area contributed by atoms with Crippen LogP contribution < -0.4 is 5.11 Å². The summed E-state index contributed by atoms with van der Waals surface area (Å²) in [5.41, 5.74) is 0. The molecular formula is C12H21O3-. The lowest BCUT2D eigenvalue weighted by Crippen LogP contribution is -2.33. The Balaban J connectivity index is 2.32. The first-order valence-electron chi connectivity index (χ1n) is 6.01. The summed E-state index contributed by atoms with van der Waals surface area (Å²) in [6.45, 7) is 3.62. The Labute approximate surface area is 91.8 Å². The van der Waals surface area contributed by atoms with Gasteiger partial charge in [-0.1, -0.05) is 26.2 Å². The van der Waals surface area contributed by atoms with Crippen molar-refractivity contribution in [2.24, 2.45) is 11.8 Å². The topological polar surface area (TPSA) is 49.4 Å². The van der Waals surface area contributed by atoms with Gasteiger partial charge in [-0.2, -0.15) is 0 Å². The van der Waals surface area contributed by atoms with Crippen molar-refractivity contribution in [3.05, 3.63) is 0 Å². The van der Waals surface area contributed by atoms with Crippen molar-refractivity contribution in [1.29, 1.82) is 0 Å². The van der Waals surface area contributed by atoms with Gasteiger partial charge in [-0.05, 0) is 31.1 Å². The van der Waals surface area contributed by atoms with Crippen LogP contribution >= 0.6 is 0 Å². The molecule has 3 heteroatoms. The lowest BCUT2D eigenvalue weighted by molar-refractivity contribution is -0.307. The Morgan fingerprint density at radius 2 is 2.20 bits per heavy atom. The van der Waals surface area contributed by atoms with Crippen LogP contribution in [0, 0.1) is 11.8 Å². The highest BCUT2D eigenvalue weighted by Crippen LogP contribution is 2.28. The van der Waals surface area contributed by atoms with E-state index < -0.39 is 5.97 Å². The van der Waals surface area contributed by atoms with E-state index in [0.29, 0.717) is 12.5 Å². The first kappa shape index (κ1) is 12.5. The minimum absolute atomic E-state index is 0.208. The standard InChI is InChI=1S/C12H22O3/c1-2-3-4-5-11-9-15-7-6-10(11)8-12(13)14/h10-11H,2-9H2,1H3,(H,13,14)/p-1. The van der Waals surface area contributed by atoms with E-state index in [4.69, 9.17) is 4.74 Å². The van der Waals surface area contributed by atoms with Crippen molar-refractivity contribution < 1.29 is 14.6 Å². The molecule has 15 heavy (non-hydrogen) atoms. The van der Waals surface area contributed by atoms with E-state index in [1.54, 1.807) is 0 Å². The molecule has 0 spiro atoms. The lowest BCUT2D eigenvalue weighted by atomic mass is 9.82. The van der Waals surface area contributed by atoms with Gasteiger partial charge in [-0.25, -0.2) is 0 Å². The quantitative estimate of drug-likeness (QED) is 0.626. The number of carbonyl (C=O) groups is 1. The van der Waals surface area contributed by atoms with Crippen LogP contribution in [-0.4, -0.2) is 19.2 Å². The van der Waals surface area contributed by atoms with E-state index in [1.165, 1.54) is 19.3 Å². The molecule has 0 aromatic rings. The molecule has 1 aliphatic heterocycles. The second-order valence-electron chi connectivity index (χ2n) is 4.46. The molecule has 3 nitrogen and oxygen atoms in total. The van der Waals surface area contributed by atoms with Crippen molar-refractivity contribution in [1.82, 2.24) is 0 Å². The van der Waals surface area contributed by atoms with Crippen LogP contribution in [0.1, 0.15) is 45.4 Å². The fourth-order valence-electron chi connectivity index (χ4n) is 2.30. The van der Waals surface area contributed by atoms with E-state index in [1.807, 2.05) is 0 Å². The predicted octanol–water partition coefficient (Wildman–Crippen LogP) is 1.36. The third kappa shape index (κ3) is 4.65. The van der Waals surface area contributed by atoms with Gasteiger partial charge in [0, 0.05) is 19.2 Å². The van der Waals surface area contributed by atoms with E-state index in [0.717, 1.165) is 19.4 Å². The summed E-state index contributed by atoms with van der Waals surface area (Å²) in [4.78, 5) is 10.6. The fraction of sp³-hybridized carbons (Fsp3) is 0.917. The van der Waals surface area contributed by atoms with Crippen LogP contribution in [0.15, 0.2) is 0 Å². The molecule has 2 unspecified atom stereocenters. The monoisotopic (exact) mass is 213 g/mol. The maximum atomic E-state index is 10.6. The molecule has 0 aromatic carbocycles. The summed E-state index contributed by atoms with van der Waals surface area (Å²) in [6, 6.07) is 0. The van der Waals surface area contributed by atoms with Gasteiger partial charge in [-0.15, -0.1) is 0 Å². The van der Waals surface area contributed by atoms with Crippen LogP contribution in [0.3, 0.4) is 0 Å². The van der Waals surface area contributed by atoms with Gasteiger partial charge in [-0.3, -0.25) is 0 Å². The fourth-order valence-corrected chi connectivity index (χ4v) is 2.30. The predicted molar refractivity (Wildman–Crippen MR) is 56.2 cm³/mol. The molecule has 0 N–H and O–H groups in total. The highest BCUT2D eigenvalue weighted by molar-refractivity contribution is 5.64. The Morgan fingerprint density at radius 3 is 2.87 bits per heavy atom. The van der Waals surface area contributed by atoms with Crippen LogP contribution in [0.25, 0.3) is 0 Å². The molecule has 0 radical (unpaired) electrons. The average molecular weight is 213 g/mol. The largest absolute Gasteiger partial charge is 0.550 e. The normalized spacial score (nSPS) is 26.5. The van der Waals surface area contributed by atoms with Crippen molar-refractivity contribution in [2.45, 2.75) is 45.4 Å². The third-order valence-corrected chi connectivity index (χ3v) is 3.24. The Bertz CT molecular complexity index is 191. The molecule has 2 atom stereocenters. The molecular weight excluding hydrogens is 192 g/mol. The van der Waals surface area contributed by atoms with Crippen molar-refractivity contribution >= 4 is 5.97 Å². The molecule has 0 bridgehead atoms. The molecule has 1 heterocycles. The Kier molecular flexibility index (Phi) is 5.69. The molecule has 1 fully saturated rings. The lowest BCUT2D eigenvalue weighted by Gasteiger charge is -2.31. The molecule has 0 aromatic heterocycles. The van der Waals surface area contributed by atoms with Gasteiger partial charge in [0.2, 0.25) is 0 Å². The number of carboxylic acids is 1. The number of unbranched alkanes of at least 4 members (excludes halogenated alkanes) is 2. The minimum Gasteiger partial charge on any atom is -0.550 e. The third-order valence-electron chi connectivity index (χ3n) is 3.24. The second kappa shape index (κ2) is 6.83. The number of hydrogen-bond donors (Lipinski definition) is 0. The van der Waals surface area contributed by atoms with Gasteiger partial charge >= 0.3 is 0 Å². The zero-order valence-corrected chi connectivity index (χ0v) is 9.54. The molecule has 1 rings (SSSR count). The average Bonchev–Trinajstić information content (AvgIpc) is 2.20. The number of carboxylic acid groups (broad SMARTS) is 1. The summed E-state index contributed by atoms with van der Waals surface area (Å²) in [6.07, 6.45) is 5.82. The van der Waals surface area contributed by atoms with Gasteiger partial charge in [0.15, 0.2) is 0 Å². The maximum absolute atomic E-state index is 10.6. The summed E-state index contributed by atoms with van der Waals surface area (Å²) in [5.74, 6) is -0.203. The summed E-state index contributed by atoms with van der Waals surface area (Å²) >= 11 is 0. The number of hydrogen-bond acceptors (Lipinski definition) is 3. The van der Waals surface area contributed by atoms with Crippen LogP contribution in [0.5, 0.6) is 0 Å². The van der Waals surface area contributed by atoms with E-state index in [9.17, 15) is 9.90 Å². The molecule has 1 saturated heterocycles. The molecule has 0 saturated carbocycles. The SMILES string of the molecule is CCCCCC1COCCC1CC(=O)[O-]. The maximum Gasteiger partial charge on any atom is 0.0497 e. The molecule has 88 valence electrons. The van der Waals surface area contributed by atoms with Crippen molar-refractivity contribution in [3.8, 4) is 0 Å². The second-order valence-corrected chi connectivity index (χ2v) is 4.46. The zero-order chi connectivity index (χ0) is 11.1. The molecule has 0 amide bonds. The van der Waals surface area contributed by atoms with Gasteiger partial charge < -0.3 is 14.6 Å². The van der Waals surface area contributed by atoms with Crippen LogP contribution in [-0.2, 0) is 9.53 Å². The summed E-state index contributed by atoms with van der Waals surface area (Å²) in [7, 11) is 0. The van der Waals surface area contributed by atoms with Gasteiger partial charge in [0.1, 0.15) is 0 Å². The first-order valence-corrected chi connectivity index (χ1v) is 6.01. The van der Waals surface area contributed by atoms with E-state index in [-0.39, 0.29) is 12.3 Å². The summed E-state index contributed by atoms with van der Waals surface area (Å²) in [5, 5.41) is 10.6. The number of ether oxygens (including phenoxy) is 1. The smallest absolute Gasteiger partial charge is 0.0497 e. The Hall–Kier alpha value is -0.570. The Morgan fingerprint density at radius 1 is 1.40 bits per heavy atom. The summed E-state index contributed by atoms with van der Waals surface area (Å²) < 4.78 is 5.41. The highest BCUT2D eigenvalue weighted by atomic mass is 16.5. The van der Waals surface area contributed by atoms with Crippen molar-refractivity contribution in [3.63, 3.8) is 0 Å². The molecule has 0 aliphatic carbocycles. The van der Waals surface area contributed by atoms with Crippen LogP contribution in [0.2, 0.25) is 0 Å². The van der Waals surface area contributed by atoms with Crippen LogP contribution in [0.4, 0.5) is 0 Å². The molecule has 1 aliphatic rings. The highest BCUT2D eigenvalue weighted by Gasteiger charge is 2.25. The van der Waals surface area contributed by atoms with Gasteiger partial charge in [0.05, 0.1) is 0 Å². The first-order chi connectivity index (χ1) is 7.24. The van der Waals surface area contributed by atoms with Gasteiger partial charge in [0.25, 0.3) is 0 Å². The number of carbonyl (C=O) groups excluding carboxylic acids is 1. The number of rotatable bonds is 6. The van der Waals surface area contributed by atoms with Crippen molar-refractivity contribution in [2.75, 3.05) is 13.2 Å².